The van der Waals surface area contributed by atoms with E-state index in [1.807, 2.05) is 19.9 Å². The van der Waals surface area contributed by atoms with Gasteiger partial charge in [-0.3, -0.25) is 10.2 Å². The second-order valence-electron chi connectivity index (χ2n) is 9.43. The fraction of sp³-hybridized carbons (Fsp3) is 0.481. The lowest BCUT2D eigenvalue weighted by atomic mass is 9.84. The zero-order valence-electron chi connectivity index (χ0n) is 22.1. The molecule has 7 nitrogen and oxygen atoms in total. The first kappa shape index (κ1) is 29.4. The molecule has 0 saturated carbocycles. The molecule has 0 bridgehead atoms. The minimum absolute atomic E-state index is 0. The number of benzene rings is 2. The van der Waals surface area contributed by atoms with E-state index in [0.717, 1.165) is 11.3 Å². The number of hydrogen-bond donors (Lipinski definition) is 2. The van der Waals surface area contributed by atoms with Crippen molar-refractivity contribution < 1.29 is 23.4 Å². The van der Waals surface area contributed by atoms with Crippen LogP contribution in [-0.4, -0.2) is 49.9 Å². The summed E-state index contributed by atoms with van der Waals surface area (Å²) < 4.78 is 32.1. The molecule has 0 unspecified atom stereocenters. The van der Waals surface area contributed by atoms with Crippen LogP contribution < -0.4 is 19.5 Å². The lowest BCUT2D eigenvalue weighted by Crippen LogP contribution is -2.30. The third-order valence-corrected chi connectivity index (χ3v) is 5.90. The Balaban J connectivity index is 0.00000456. The number of carbonyl (C=O) groups excluding carboxylic acids is 1. The molecule has 0 aromatic heterocycles. The van der Waals surface area contributed by atoms with Crippen LogP contribution in [0.5, 0.6) is 17.2 Å². The van der Waals surface area contributed by atoms with E-state index in [2.05, 4.69) is 26.1 Å². The van der Waals surface area contributed by atoms with Crippen molar-refractivity contribution in [2.24, 2.45) is 0 Å². The number of ether oxygens (including phenoxy) is 3. The largest absolute Gasteiger partial charge is 0.494 e. The molecule has 2 N–H and O–H groups in total. The molecule has 0 fully saturated rings. The molecule has 36 heavy (non-hydrogen) atoms. The summed E-state index contributed by atoms with van der Waals surface area (Å²) >= 11 is 0. The fourth-order valence-electron chi connectivity index (χ4n) is 4.31. The molecule has 198 valence electrons. The Morgan fingerprint density at radius 1 is 1.11 bits per heavy atom. The van der Waals surface area contributed by atoms with E-state index >= 15 is 4.39 Å². The van der Waals surface area contributed by atoms with Gasteiger partial charge in [-0.25, -0.2) is 4.39 Å². The molecule has 0 saturated heterocycles. The predicted molar refractivity (Wildman–Crippen MR) is 146 cm³/mol. The number of rotatable bonds is 10. The maximum atomic E-state index is 15.4. The van der Waals surface area contributed by atoms with E-state index in [4.69, 9.17) is 19.6 Å². The lowest BCUT2D eigenvalue weighted by molar-refractivity contribution is 0.0962. The molecule has 0 atom stereocenters. The Hall–Kier alpha value is -2.81. The van der Waals surface area contributed by atoms with Crippen molar-refractivity contribution in [2.45, 2.75) is 53.5 Å². The van der Waals surface area contributed by atoms with Gasteiger partial charge in [0.25, 0.3) is 0 Å². The topological polar surface area (TPSA) is 83.9 Å². The van der Waals surface area contributed by atoms with E-state index in [0.29, 0.717) is 35.8 Å². The SMILES string of the molecule is Br.CCNc1cc(C(=O)CN2Cc3cc(OCC)c(OCC)c(F)c3C2=N)cc(C(C)(C)C)c1OC. The normalized spacial score (nSPS) is 12.7. The number of fused-ring (bicyclic) bond motifs is 1. The van der Waals surface area contributed by atoms with Crippen LogP contribution in [0.15, 0.2) is 18.2 Å². The van der Waals surface area contributed by atoms with Crippen LogP contribution in [0, 0.1) is 11.2 Å². The molecule has 2 aromatic rings. The van der Waals surface area contributed by atoms with Crippen molar-refractivity contribution in [2.75, 3.05) is 38.7 Å². The van der Waals surface area contributed by atoms with Gasteiger partial charge in [0.15, 0.2) is 23.1 Å². The molecular formula is C27H37BrFN3O4. The molecule has 0 radical (unpaired) electrons. The minimum Gasteiger partial charge on any atom is -0.494 e. The predicted octanol–water partition coefficient (Wildman–Crippen LogP) is 5.96. The highest BCUT2D eigenvalue weighted by molar-refractivity contribution is 8.93. The van der Waals surface area contributed by atoms with Gasteiger partial charge in [-0.05, 0) is 49.9 Å². The Morgan fingerprint density at radius 2 is 1.78 bits per heavy atom. The fourth-order valence-corrected chi connectivity index (χ4v) is 4.31. The van der Waals surface area contributed by atoms with Gasteiger partial charge in [0.05, 0.1) is 38.1 Å². The summed E-state index contributed by atoms with van der Waals surface area (Å²) in [6, 6.07) is 5.35. The van der Waals surface area contributed by atoms with Crippen LogP contribution in [0.2, 0.25) is 0 Å². The first-order valence-electron chi connectivity index (χ1n) is 12.0. The van der Waals surface area contributed by atoms with Crippen LogP contribution in [0.3, 0.4) is 0 Å². The average molecular weight is 567 g/mol. The summed E-state index contributed by atoms with van der Waals surface area (Å²) in [5, 5.41) is 11.9. The molecule has 0 amide bonds. The first-order chi connectivity index (χ1) is 16.6. The van der Waals surface area contributed by atoms with Gasteiger partial charge >= 0.3 is 0 Å². The number of hydrogen-bond acceptors (Lipinski definition) is 6. The molecule has 1 aliphatic heterocycles. The van der Waals surface area contributed by atoms with Crippen molar-refractivity contribution in [1.82, 2.24) is 4.90 Å². The van der Waals surface area contributed by atoms with E-state index in [-0.39, 0.29) is 65.0 Å². The average Bonchev–Trinajstić information content (AvgIpc) is 3.10. The van der Waals surface area contributed by atoms with Crippen LogP contribution >= 0.6 is 17.0 Å². The van der Waals surface area contributed by atoms with Crippen molar-refractivity contribution in [3.63, 3.8) is 0 Å². The minimum atomic E-state index is -0.623. The number of carbonyl (C=O) groups is 1. The number of nitrogens with zero attached hydrogens (tertiary/aromatic N) is 1. The van der Waals surface area contributed by atoms with Gasteiger partial charge in [0, 0.05) is 24.2 Å². The van der Waals surface area contributed by atoms with Gasteiger partial charge in [0.2, 0.25) is 0 Å². The summed E-state index contributed by atoms with van der Waals surface area (Å²) in [4.78, 5) is 15.0. The Labute approximate surface area is 223 Å². The van der Waals surface area contributed by atoms with Crippen LogP contribution in [-0.2, 0) is 12.0 Å². The number of halogens is 2. The molecular weight excluding hydrogens is 529 g/mol. The third kappa shape index (κ3) is 5.77. The van der Waals surface area contributed by atoms with E-state index in [1.54, 1.807) is 31.1 Å². The number of methoxy groups -OCH3 is 1. The van der Waals surface area contributed by atoms with Gasteiger partial charge in [-0.2, -0.15) is 0 Å². The quantitative estimate of drug-likeness (QED) is 0.345. The van der Waals surface area contributed by atoms with Crippen molar-refractivity contribution >= 4 is 34.3 Å². The second-order valence-corrected chi connectivity index (χ2v) is 9.43. The smallest absolute Gasteiger partial charge is 0.197 e. The highest BCUT2D eigenvalue weighted by atomic mass is 79.9. The van der Waals surface area contributed by atoms with E-state index in [9.17, 15) is 4.79 Å². The monoisotopic (exact) mass is 565 g/mol. The number of amidine groups is 1. The van der Waals surface area contributed by atoms with Crippen LogP contribution in [0.1, 0.15) is 68.6 Å². The summed E-state index contributed by atoms with van der Waals surface area (Å²) in [7, 11) is 1.62. The zero-order valence-corrected chi connectivity index (χ0v) is 23.8. The summed E-state index contributed by atoms with van der Waals surface area (Å²) in [5.41, 5.74) is 2.68. The maximum Gasteiger partial charge on any atom is 0.197 e. The maximum absolute atomic E-state index is 15.4. The van der Waals surface area contributed by atoms with Gasteiger partial charge in [-0.15, -0.1) is 17.0 Å². The van der Waals surface area contributed by atoms with Crippen molar-refractivity contribution in [3.05, 3.63) is 46.3 Å². The van der Waals surface area contributed by atoms with Gasteiger partial charge < -0.3 is 24.4 Å². The first-order valence-corrected chi connectivity index (χ1v) is 12.0. The molecule has 9 heteroatoms. The Morgan fingerprint density at radius 3 is 2.33 bits per heavy atom. The molecule has 1 aliphatic rings. The van der Waals surface area contributed by atoms with Crippen molar-refractivity contribution in [3.8, 4) is 17.2 Å². The Bertz CT molecular complexity index is 1130. The third-order valence-electron chi connectivity index (χ3n) is 5.90. The highest BCUT2D eigenvalue weighted by Crippen LogP contribution is 2.40. The number of nitrogens with one attached hydrogen (secondary N) is 2. The van der Waals surface area contributed by atoms with E-state index < -0.39 is 5.82 Å². The molecule has 0 spiro atoms. The highest BCUT2D eigenvalue weighted by Gasteiger charge is 2.33. The number of Topliss-reactive ketones (excluding diaryl/α,β-unsaturated/α-hetero) is 1. The van der Waals surface area contributed by atoms with Crippen molar-refractivity contribution in [1.29, 1.82) is 5.41 Å². The van der Waals surface area contributed by atoms with Gasteiger partial charge in [0.1, 0.15) is 11.6 Å². The Kier molecular flexibility index (Phi) is 9.77. The number of anilines is 1. The molecule has 0 aliphatic carbocycles. The van der Waals surface area contributed by atoms with E-state index in [1.165, 1.54) is 0 Å². The zero-order chi connectivity index (χ0) is 25.9. The van der Waals surface area contributed by atoms with Crippen LogP contribution in [0.4, 0.5) is 10.1 Å². The second kappa shape index (κ2) is 12.0. The standard InChI is InChI=1S/C27H36FN3O4.BrH/c1-8-30-19-12-16(11-18(24(19)33-7)27(4,5)6)20(32)15-31-14-17-13-21(34-9-2)25(35-10-3)23(28)22(17)26(31)29;/h11-13,29-30H,8-10,14-15H2,1-7H3;1H. The van der Waals surface area contributed by atoms with Crippen LogP contribution in [0.25, 0.3) is 0 Å². The lowest BCUT2D eigenvalue weighted by Gasteiger charge is -2.26. The molecule has 2 aromatic carbocycles. The molecule has 1 heterocycles. The molecule has 3 rings (SSSR count). The number of ketones is 1. The summed E-state index contributed by atoms with van der Waals surface area (Å²) in [5.74, 6) is 0.211. The summed E-state index contributed by atoms with van der Waals surface area (Å²) in [6.07, 6.45) is 0. The summed E-state index contributed by atoms with van der Waals surface area (Å²) in [6.45, 7) is 13.3. The van der Waals surface area contributed by atoms with Gasteiger partial charge in [-0.1, -0.05) is 20.8 Å².